The van der Waals surface area contributed by atoms with E-state index in [0.717, 1.165) is 0 Å². The summed E-state index contributed by atoms with van der Waals surface area (Å²) < 4.78 is 1.62. The quantitative estimate of drug-likeness (QED) is 0.737. The van der Waals surface area contributed by atoms with E-state index in [1.807, 2.05) is 0 Å². The maximum absolute atomic E-state index is 11.6. The molecule has 0 unspecified atom stereocenters. The topological polar surface area (TPSA) is 92.7 Å². The number of rotatable bonds is 4. The van der Waals surface area contributed by atoms with Gasteiger partial charge in [0.1, 0.15) is 0 Å². The summed E-state index contributed by atoms with van der Waals surface area (Å²) in [6.45, 7) is 0.996. The van der Waals surface area contributed by atoms with Gasteiger partial charge in [0.25, 0.3) is 5.91 Å². The molecule has 0 aliphatic heterocycles. The second-order valence-electron chi connectivity index (χ2n) is 3.36. The number of pyridine rings is 1. The molecule has 1 amide bonds. The normalized spacial score (nSPS) is 10.1. The molecule has 2 rings (SSSR count). The van der Waals surface area contributed by atoms with Crippen molar-refractivity contribution in [2.45, 2.75) is 6.54 Å². The summed E-state index contributed by atoms with van der Waals surface area (Å²) in [4.78, 5) is 24.9. The first kappa shape index (κ1) is 11.1. The lowest BCUT2D eigenvalue weighted by Crippen LogP contribution is -2.27. The van der Waals surface area contributed by atoms with E-state index in [1.54, 1.807) is 17.1 Å². The Hall–Kier alpha value is -2.44. The van der Waals surface area contributed by atoms with Crippen molar-refractivity contribution in [3.8, 4) is 0 Å². The number of carbonyl (C=O) groups is 1. The maximum atomic E-state index is 11.6. The van der Waals surface area contributed by atoms with Crippen LogP contribution in [0.25, 0.3) is 0 Å². The molecule has 0 saturated carbocycles. The summed E-state index contributed by atoms with van der Waals surface area (Å²) in [5.74, 6) is -0.235. The third kappa shape index (κ3) is 3.00. The van der Waals surface area contributed by atoms with E-state index in [1.165, 1.54) is 18.3 Å². The molecule has 2 aromatic rings. The Morgan fingerprint density at radius 2 is 2.35 bits per heavy atom. The summed E-state index contributed by atoms with van der Waals surface area (Å²) in [6, 6.07) is 2.79. The summed E-state index contributed by atoms with van der Waals surface area (Å²) in [5.41, 5.74) is 0.187. The van der Waals surface area contributed by atoms with Crippen LogP contribution in [0.5, 0.6) is 0 Å². The van der Waals surface area contributed by atoms with Gasteiger partial charge in [0.15, 0.2) is 0 Å². The Morgan fingerprint density at radius 3 is 3.00 bits per heavy atom. The first-order valence-corrected chi connectivity index (χ1v) is 5.07. The average molecular weight is 233 g/mol. The third-order valence-corrected chi connectivity index (χ3v) is 2.14. The number of amides is 1. The second-order valence-corrected chi connectivity index (χ2v) is 3.36. The lowest BCUT2D eigenvalue weighted by atomic mass is 10.3. The minimum atomic E-state index is -0.235. The van der Waals surface area contributed by atoms with Gasteiger partial charge in [-0.25, -0.2) is 0 Å². The van der Waals surface area contributed by atoms with Gasteiger partial charge < -0.3 is 10.3 Å². The number of hydrogen-bond donors (Lipinski definition) is 2. The number of nitrogens with zero attached hydrogens (tertiary/aromatic N) is 3. The van der Waals surface area contributed by atoms with Crippen LogP contribution in [0.2, 0.25) is 0 Å². The maximum Gasteiger partial charge on any atom is 0.252 e. The zero-order valence-electron chi connectivity index (χ0n) is 8.96. The lowest BCUT2D eigenvalue weighted by Gasteiger charge is -2.04. The molecule has 0 aromatic carbocycles. The van der Waals surface area contributed by atoms with Crippen LogP contribution < -0.4 is 10.9 Å². The SMILES string of the molecule is O=C(NCCn1ccnn1)c1ccc(=O)[nH]c1. The number of aromatic nitrogens is 4. The molecule has 0 spiro atoms. The fourth-order valence-corrected chi connectivity index (χ4v) is 1.29. The highest BCUT2D eigenvalue weighted by molar-refractivity contribution is 5.93. The van der Waals surface area contributed by atoms with Crippen molar-refractivity contribution in [2.24, 2.45) is 0 Å². The Morgan fingerprint density at radius 1 is 1.47 bits per heavy atom. The van der Waals surface area contributed by atoms with Gasteiger partial charge in [-0.1, -0.05) is 5.21 Å². The van der Waals surface area contributed by atoms with Gasteiger partial charge >= 0.3 is 0 Å². The molecule has 0 fully saturated rings. The molecule has 2 aromatic heterocycles. The molecule has 2 N–H and O–H groups in total. The highest BCUT2D eigenvalue weighted by atomic mass is 16.1. The van der Waals surface area contributed by atoms with Crippen molar-refractivity contribution in [3.63, 3.8) is 0 Å². The van der Waals surface area contributed by atoms with Crippen molar-refractivity contribution in [3.05, 3.63) is 46.6 Å². The highest BCUT2D eigenvalue weighted by Gasteiger charge is 2.04. The van der Waals surface area contributed by atoms with Gasteiger partial charge in [-0.2, -0.15) is 0 Å². The Kier molecular flexibility index (Phi) is 3.29. The number of nitrogens with one attached hydrogen (secondary N) is 2. The predicted molar refractivity (Wildman–Crippen MR) is 59.4 cm³/mol. The van der Waals surface area contributed by atoms with Crippen LogP contribution >= 0.6 is 0 Å². The van der Waals surface area contributed by atoms with E-state index in [4.69, 9.17) is 0 Å². The zero-order chi connectivity index (χ0) is 12.1. The van der Waals surface area contributed by atoms with Crippen molar-refractivity contribution in [1.82, 2.24) is 25.3 Å². The fraction of sp³-hybridized carbons (Fsp3) is 0.200. The molecule has 0 saturated heterocycles. The van der Waals surface area contributed by atoms with Crippen molar-refractivity contribution in [2.75, 3.05) is 6.54 Å². The van der Waals surface area contributed by atoms with E-state index in [0.29, 0.717) is 18.7 Å². The smallest absolute Gasteiger partial charge is 0.252 e. The van der Waals surface area contributed by atoms with E-state index < -0.39 is 0 Å². The van der Waals surface area contributed by atoms with E-state index in [2.05, 4.69) is 20.6 Å². The van der Waals surface area contributed by atoms with Gasteiger partial charge in [-0.3, -0.25) is 14.3 Å². The van der Waals surface area contributed by atoms with Crippen LogP contribution in [0.4, 0.5) is 0 Å². The number of hydrogen-bond acceptors (Lipinski definition) is 4. The first-order chi connectivity index (χ1) is 8.25. The molecule has 0 bridgehead atoms. The molecule has 2 heterocycles. The summed E-state index contributed by atoms with van der Waals surface area (Å²) in [5, 5.41) is 10.1. The monoisotopic (exact) mass is 233 g/mol. The Balaban J connectivity index is 1.85. The summed E-state index contributed by atoms with van der Waals surface area (Å²) in [6.07, 6.45) is 4.67. The molecule has 0 aliphatic carbocycles. The van der Waals surface area contributed by atoms with Gasteiger partial charge in [0, 0.05) is 25.0 Å². The molecular weight excluding hydrogens is 222 g/mol. The minimum Gasteiger partial charge on any atom is -0.350 e. The standard InChI is InChI=1S/C10H11N5O2/c16-9-2-1-8(7-12-9)10(17)11-3-5-15-6-4-13-14-15/h1-2,4,6-7H,3,5H2,(H,11,17)(H,12,16). The lowest BCUT2D eigenvalue weighted by molar-refractivity contribution is 0.0951. The number of carbonyl (C=O) groups excluding carboxylic acids is 1. The van der Waals surface area contributed by atoms with E-state index >= 15 is 0 Å². The first-order valence-electron chi connectivity index (χ1n) is 5.07. The highest BCUT2D eigenvalue weighted by Crippen LogP contribution is 1.92. The molecule has 17 heavy (non-hydrogen) atoms. The van der Waals surface area contributed by atoms with Crippen LogP contribution in [0.15, 0.2) is 35.5 Å². The fourth-order valence-electron chi connectivity index (χ4n) is 1.29. The van der Waals surface area contributed by atoms with Gasteiger partial charge in [-0.15, -0.1) is 5.10 Å². The molecular formula is C10H11N5O2. The number of H-pyrrole nitrogens is 1. The molecule has 88 valence electrons. The van der Waals surface area contributed by atoms with Gasteiger partial charge in [0.05, 0.1) is 18.3 Å². The van der Waals surface area contributed by atoms with E-state index in [-0.39, 0.29) is 11.5 Å². The minimum absolute atomic E-state index is 0.232. The van der Waals surface area contributed by atoms with Crippen LogP contribution in [0.3, 0.4) is 0 Å². The molecule has 0 aliphatic rings. The molecule has 7 nitrogen and oxygen atoms in total. The van der Waals surface area contributed by atoms with Crippen LogP contribution in [-0.4, -0.2) is 32.4 Å². The molecule has 7 heteroatoms. The van der Waals surface area contributed by atoms with Gasteiger partial charge in [-0.05, 0) is 6.07 Å². The predicted octanol–water partition coefficient (Wildman–Crippen LogP) is -0.604. The second kappa shape index (κ2) is 5.06. The summed E-state index contributed by atoms with van der Waals surface area (Å²) >= 11 is 0. The largest absolute Gasteiger partial charge is 0.350 e. The van der Waals surface area contributed by atoms with Crippen molar-refractivity contribution in [1.29, 1.82) is 0 Å². The zero-order valence-corrected chi connectivity index (χ0v) is 8.96. The van der Waals surface area contributed by atoms with Crippen LogP contribution in [-0.2, 0) is 6.54 Å². The average Bonchev–Trinajstić information content (AvgIpc) is 2.83. The van der Waals surface area contributed by atoms with Crippen LogP contribution in [0, 0.1) is 0 Å². The van der Waals surface area contributed by atoms with Crippen LogP contribution in [0.1, 0.15) is 10.4 Å². The Bertz CT molecular complexity index is 526. The third-order valence-electron chi connectivity index (χ3n) is 2.14. The molecule has 0 radical (unpaired) electrons. The van der Waals surface area contributed by atoms with Gasteiger partial charge in [0.2, 0.25) is 5.56 Å². The molecule has 0 atom stereocenters. The van der Waals surface area contributed by atoms with Crippen molar-refractivity contribution < 1.29 is 4.79 Å². The van der Waals surface area contributed by atoms with Crippen molar-refractivity contribution >= 4 is 5.91 Å². The number of aromatic amines is 1. The Labute approximate surface area is 96.5 Å². The van der Waals surface area contributed by atoms with E-state index in [9.17, 15) is 9.59 Å². The summed E-state index contributed by atoms with van der Waals surface area (Å²) in [7, 11) is 0.